The van der Waals surface area contributed by atoms with Gasteiger partial charge < -0.3 is 14.6 Å². The molecule has 5 heteroatoms. The van der Waals surface area contributed by atoms with E-state index in [9.17, 15) is 0 Å². The zero-order valence-corrected chi connectivity index (χ0v) is 8.69. The maximum Gasteiger partial charge on any atom is 0.227 e. The van der Waals surface area contributed by atoms with E-state index in [1.165, 1.54) is 6.33 Å². The third kappa shape index (κ3) is 4.34. The molecule has 1 rings (SSSR count). The number of hydrogen-bond acceptors (Lipinski definition) is 5. The fourth-order valence-electron chi connectivity index (χ4n) is 1.13. The minimum atomic E-state index is 0.456. The van der Waals surface area contributed by atoms with Gasteiger partial charge in [-0.15, -0.1) is 0 Å². The van der Waals surface area contributed by atoms with Crippen LogP contribution in [-0.4, -0.2) is 36.4 Å². The van der Waals surface area contributed by atoms with Gasteiger partial charge in [0, 0.05) is 32.7 Å². The second kappa shape index (κ2) is 6.50. The molecule has 0 aromatic carbocycles. The van der Waals surface area contributed by atoms with Crippen molar-refractivity contribution in [2.45, 2.75) is 25.8 Å². The number of ether oxygens (including phenoxy) is 1. The van der Waals surface area contributed by atoms with E-state index in [4.69, 9.17) is 9.26 Å². The molecule has 0 aliphatic heterocycles. The predicted molar refractivity (Wildman–Crippen MR) is 52.0 cm³/mol. The van der Waals surface area contributed by atoms with Gasteiger partial charge in [-0.05, 0) is 13.3 Å². The number of methoxy groups -OCH3 is 1. The maximum atomic E-state index is 4.98. The van der Waals surface area contributed by atoms with Crippen LogP contribution >= 0.6 is 0 Å². The first-order valence-electron chi connectivity index (χ1n) is 4.81. The lowest BCUT2D eigenvalue weighted by Gasteiger charge is -2.11. The minimum Gasteiger partial charge on any atom is -0.385 e. The second-order valence-electron chi connectivity index (χ2n) is 3.22. The fraction of sp³-hybridized carbons (Fsp3) is 0.778. The highest BCUT2D eigenvalue weighted by atomic mass is 16.5. The standard InChI is InChI=1S/C9H17N3O2/c1-8(4-6-13-2)10-5-3-9-11-7-12-14-9/h7-8,10H,3-6H2,1-2H3. The summed E-state index contributed by atoms with van der Waals surface area (Å²) in [6.07, 6.45) is 3.21. The van der Waals surface area contributed by atoms with Crippen LogP contribution < -0.4 is 5.32 Å². The lowest BCUT2D eigenvalue weighted by Crippen LogP contribution is -2.29. The Balaban J connectivity index is 2.03. The Hall–Kier alpha value is -0.940. The van der Waals surface area contributed by atoms with E-state index < -0.39 is 0 Å². The second-order valence-corrected chi connectivity index (χ2v) is 3.22. The molecule has 0 radical (unpaired) electrons. The molecule has 0 spiro atoms. The molecule has 1 atom stereocenters. The summed E-state index contributed by atoms with van der Waals surface area (Å²) < 4.78 is 9.85. The SMILES string of the molecule is COCCC(C)NCCc1ncno1. The first kappa shape index (κ1) is 11.1. The van der Waals surface area contributed by atoms with Crippen molar-refractivity contribution in [1.82, 2.24) is 15.5 Å². The molecule has 5 nitrogen and oxygen atoms in total. The van der Waals surface area contributed by atoms with Gasteiger partial charge in [-0.25, -0.2) is 0 Å². The lowest BCUT2D eigenvalue weighted by atomic mass is 10.2. The Morgan fingerprint density at radius 1 is 1.64 bits per heavy atom. The summed E-state index contributed by atoms with van der Waals surface area (Å²) in [5.74, 6) is 0.677. The van der Waals surface area contributed by atoms with Crippen LogP contribution in [0, 0.1) is 0 Å². The Kier molecular flexibility index (Phi) is 5.17. The van der Waals surface area contributed by atoms with Gasteiger partial charge in [0.2, 0.25) is 5.89 Å². The molecule has 14 heavy (non-hydrogen) atoms. The molecule has 80 valence electrons. The third-order valence-corrected chi connectivity index (χ3v) is 1.99. The number of nitrogens with zero attached hydrogens (tertiary/aromatic N) is 2. The Labute approximate surface area is 83.8 Å². The van der Waals surface area contributed by atoms with Crippen LogP contribution in [-0.2, 0) is 11.2 Å². The van der Waals surface area contributed by atoms with Gasteiger partial charge in [0.15, 0.2) is 6.33 Å². The summed E-state index contributed by atoms with van der Waals surface area (Å²) in [5, 5.41) is 6.88. The monoisotopic (exact) mass is 199 g/mol. The van der Waals surface area contributed by atoms with Gasteiger partial charge in [0.05, 0.1) is 0 Å². The first-order valence-corrected chi connectivity index (χ1v) is 4.81. The molecule has 1 heterocycles. The number of rotatable bonds is 7. The van der Waals surface area contributed by atoms with Crippen LogP contribution in [0.4, 0.5) is 0 Å². The van der Waals surface area contributed by atoms with Crippen molar-refractivity contribution in [3.63, 3.8) is 0 Å². The van der Waals surface area contributed by atoms with Crippen molar-refractivity contribution in [2.75, 3.05) is 20.3 Å². The molecular weight excluding hydrogens is 182 g/mol. The van der Waals surface area contributed by atoms with Crippen molar-refractivity contribution in [2.24, 2.45) is 0 Å². The summed E-state index contributed by atoms with van der Waals surface area (Å²) in [7, 11) is 1.71. The van der Waals surface area contributed by atoms with Gasteiger partial charge in [-0.1, -0.05) is 5.16 Å². The van der Waals surface area contributed by atoms with Crippen molar-refractivity contribution in [3.05, 3.63) is 12.2 Å². The van der Waals surface area contributed by atoms with E-state index in [0.29, 0.717) is 11.9 Å². The van der Waals surface area contributed by atoms with Gasteiger partial charge in [-0.3, -0.25) is 0 Å². The molecule has 1 aromatic heterocycles. The van der Waals surface area contributed by atoms with E-state index in [-0.39, 0.29) is 0 Å². The highest BCUT2D eigenvalue weighted by Crippen LogP contribution is 1.94. The van der Waals surface area contributed by atoms with E-state index in [2.05, 4.69) is 22.4 Å². The maximum absolute atomic E-state index is 4.98. The van der Waals surface area contributed by atoms with Crippen molar-refractivity contribution in [1.29, 1.82) is 0 Å². The van der Waals surface area contributed by atoms with Crippen molar-refractivity contribution in [3.8, 4) is 0 Å². The van der Waals surface area contributed by atoms with Crippen LogP contribution in [0.2, 0.25) is 0 Å². The molecule has 1 aromatic rings. The van der Waals surface area contributed by atoms with Crippen LogP contribution in [0.3, 0.4) is 0 Å². The molecule has 0 saturated carbocycles. The van der Waals surface area contributed by atoms with Crippen LogP contribution in [0.5, 0.6) is 0 Å². The van der Waals surface area contributed by atoms with Crippen molar-refractivity contribution < 1.29 is 9.26 Å². The summed E-state index contributed by atoms with van der Waals surface area (Å²) in [6, 6.07) is 0.456. The summed E-state index contributed by atoms with van der Waals surface area (Å²) in [6.45, 7) is 3.77. The van der Waals surface area contributed by atoms with Gasteiger partial charge in [0.25, 0.3) is 0 Å². The highest BCUT2D eigenvalue weighted by molar-refractivity contribution is 4.75. The number of aromatic nitrogens is 2. The molecular formula is C9H17N3O2. The predicted octanol–water partition coefficient (Wildman–Crippen LogP) is 0.627. The topological polar surface area (TPSA) is 60.2 Å². The minimum absolute atomic E-state index is 0.456. The number of hydrogen-bond donors (Lipinski definition) is 1. The first-order chi connectivity index (χ1) is 6.83. The molecule has 0 amide bonds. The zero-order valence-electron chi connectivity index (χ0n) is 8.69. The Morgan fingerprint density at radius 3 is 3.14 bits per heavy atom. The summed E-state index contributed by atoms with van der Waals surface area (Å²) in [5.41, 5.74) is 0. The van der Waals surface area contributed by atoms with Crippen LogP contribution in [0.25, 0.3) is 0 Å². The van der Waals surface area contributed by atoms with E-state index >= 15 is 0 Å². The van der Waals surface area contributed by atoms with Gasteiger partial charge in [-0.2, -0.15) is 4.98 Å². The molecule has 0 aliphatic rings. The fourth-order valence-corrected chi connectivity index (χ4v) is 1.13. The van der Waals surface area contributed by atoms with Crippen molar-refractivity contribution >= 4 is 0 Å². The van der Waals surface area contributed by atoms with Crippen LogP contribution in [0.1, 0.15) is 19.2 Å². The van der Waals surface area contributed by atoms with E-state index in [0.717, 1.165) is 26.0 Å². The largest absolute Gasteiger partial charge is 0.385 e. The van der Waals surface area contributed by atoms with E-state index in [1.54, 1.807) is 7.11 Å². The quantitative estimate of drug-likeness (QED) is 0.697. The van der Waals surface area contributed by atoms with E-state index in [1.807, 2.05) is 0 Å². The van der Waals surface area contributed by atoms with Crippen LogP contribution in [0.15, 0.2) is 10.9 Å². The summed E-state index contributed by atoms with van der Waals surface area (Å²) >= 11 is 0. The molecule has 1 N–H and O–H groups in total. The average Bonchev–Trinajstić information content (AvgIpc) is 2.67. The third-order valence-electron chi connectivity index (χ3n) is 1.99. The number of nitrogens with one attached hydrogen (secondary N) is 1. The van der Waals surface area contributed by atoms with Gasteiger partial charge in [0.1, 0.15) is 0 Å². The Morgan fingerprint density at radius 2 is 2.50 bits per heavy atom. The molecule has 1 unspecified atom stereocenters. The summed E-state index contributed by atoms with van der Waals surface area (Å²) in [4.78, 5) is 3.93. The average molecular weight is 199 g/mol. The lowest BCUT2D eigenvalue weighted by molar-refractivity contribution is 0.185. The smallest absolute Gasteiger partial charge is 0.227 e. The molecule has 0 bridgehead atoms. The zero-order chi connectivity index (χ0) is 10.2. The molecule has 0 aliphatic carbocycles. The Bertz CT molecular complexity index is 226. The van der Waals surface area contributed by atoms with Gasteiger partial charge >= 0.3 is 0 Å². The molecule has 0 fully saturated rings. The molecule has 0 saturated heterocycles. The normalized spacial score (nSPS) is 13.0. The highest BCUT2D eigenvalue weighted by Gasteiger charge is 2.02.